The lowest BCUT2D eigenvalue weighted by Gasteiger charge is -2.31. The van der Waals surface area contributed by atoms with Crippen LogP contribution in [0.2, 0.25) is 0 Å². The van der Waals surface area contributed by atoms with Crippen LogP contribution < -0.4 is 19.6 Å². The number of nitrogens with zero attached hydrogens (tertiary/aromatic N) is 4. The number of fused-ring (bicyclic) bond motifs is 18. The molecular formula is C128H96N4S2. The summed E-state index contributed by atoms with van der Waals surface area (Å²) in [5.74, 6) is 0. The predicted octanol–water partition coefficient (Wildman–Crippen LogP) is 38.0. The van der Waals surface area contributed by atoms with E-state index in [1.54, 1.807) is 0 Å². The molecule has 2 aromatic heterocycles. The number of thiophene rings is 2. The van der Waals surface area contributed by atoms with Crippen molar-refractivity contribution in [2.45, 2.75) is 55.4 Å². The summed E-state index contributed by atoms with van der Waals surface area (Å²) in [6.45, 7) is 18.4. The molecule has 0 amide bonds. The summed E-state index contributed by atoms with van der Waals surface area (Å²) in [5, 5.41) is 20.6. The number of para-hydroxylation sites is 6. The fourth-order valence-electron chi connectivity index (χ4n) is 21.2. The zero-order valence-electron chi connectivity index (χ0n) is 76.2. The standard InChI is InChI=1S/C64H42N2S.C64H54N2S/c1-3-19-49(20-4-1)65(60-27-13-17-45-15-7-9-23-53(45)60)51-35-29-43(30-36-51)47-33-39-57-59(41-47)55-25-11-12-26-56(55)63-58-40-34-48(42-62(58)67-64(57)63)44-31-37-52(38-32-44)66(50-21-5-2-6-22-50)61-28-14-18-46-16-8-10-24-54(46)61;1-39-43(5)62(65(49-23-13-9-14-24-49)50-25-15-10-16-26-50)44(6)40(2)59(39)47-33-35-55-57(37-47)53-31-21-22-32-54(53)61-56-36-34-48(38-58(56)67-64(55)61)60-41(3)45(7)63(46(8)42(60)4)66(51-27-17-11-18-28-51)52-29-19-12-20-30-52/h1-42H;9-38H,1-8H3. The summed E-state index contributed by atoms with van der Waals surface area (Å²) in [6.07, 6.45) is 0. The van der Waals surface area contributed by atoms with Crippen molar-refractivity contribution in [1.82, 2.24) is 0 Å². The fourth-order valence-corrected chi connectivity index (χ4v) is 23.8. The van der Waals surface area contributed by atoms with Crippen LogP contribution in [0, 0.1) is 55.4 Å². The third-order valence-corrected chi connectivity index (χ3v) is 30.5. The summed E-state index contributed by atoms with van der Waals surface area (Å²) in [7, 11) is 0. The van der Waals surface area contributed by atoms with Gasteiger partial charge in [-0.05, 0) is 321 Å². The molecule has 0 atom stereocenters. The Kier molecular flexibility index (Phi) is 21.2. The molecule has 24 aromatic rings. The van der Waals surface area contributed by atoms with Gasteiger partial charge in [0.25, 0.3) is 0 Å². The lowest BCUT2D eigenvalue weighted by atomic mass is 9.86. The number of hydrogen-bond acceptors (Lipinski definition) is 6. The fraction of sp³-hybridized carbons (Fsp3) is 0.0625. The van der Waals surface area contributed by atoms with Crippen LogP contribution in [-0.2, 0) is 0 Å². The van der Waals surface area contributed by atoms with E-state index in [2.05, 4.69) is 512 Å². The molecule has 0 aliphatic carbocycles. The van der Waals surface area contributed by atoms with Crippen molar-refractivity contribution >= 4 is 196 Å². The van der Waals surface area contributed by atoms with E-state index in [0.29, 0.717) is 0 Å². The lowest BCUT2D eigenvalue weighted by molar-refractivity contribution is 1.17. The van der Waals surface area contributed by atoms with Crippen molar-refractivity contribution in [1.29, 1.82) is 0 Å². The number of hydrogen-bond donors (Lipinski definition) is 0. The van der Waals surface area contributed by atoms with Gasteiger partial charge in [0.2, 0.25) is 0 Å². The van der Waals surface area contributed by atoms with Crippen LogP contribution in [0.3, 0.4) is 0 Å². The van der Waals surface area contributed by atoms with Gasteiger partial charge in [0.05, 0.1) is 22.7 Å². The molecule has 0 fully saturated rings. The Balaban J connectivity index is 0.000000151. The lowest BCUT2D eigenvalue weighted by Crippen LogP contribution is -2.15. The number of rotatable bonds is 16. The molecule has 2 heterocycles. The molecule has 0 bridgehead atoms. The molecule has 0 saturated carbocycles. The highest BCUT2D eigenvalue weighted by atomic mass is 32.1. The largest absolute Gasteiger partial charge is 0.310 e. The van der Waals surface area contributed by atoms with E-state index in [4.69, 9.17) is 0 Å². The summed E-state index contributed by atoms with van der Waals surface area (Å²) in [4.78, 5) is 9.59. The molecule has 0 N–H and O–H groups in total. The van der Waals surface area contributed by atoms with Gasteiger partial charge in [0, 0.05) is 107 Å². The average molecular weight is 1750 g/mol. The minimum absolute atomic E-state index is 1.12. The maximum Gasteiger partial charge on any atom is 0.0540 e. The second-order valence-electron chi connectivity index (χ2n) is 35.5. The van der Waals surface area contributed by atoms with Gasteiger partial charge in [-0.3, -0.25) is 0 Å². The van der Waals surface area contributed by atoms with Crippen molar-refractivity contribution in [3.63, 3.8) is 0 Å². The first kappa shape index (κ1) is 82.5. The first-order valence-electron chi connectivity index (χ1n) is 46.4. The van der Waals surface area contributed by atoms with E-state index in [-0.39, 0.29) is 0 Å². The molecule has 640 valence electrons. The molecule has 0 aliphatic rings. The molecule has 134 heavy (non-hydrogen) atoms. The van der Waals surface area contributed by atoms with Gasteiger partial charge in [-0.15, -0.1) is 22.7 Å². The Labute approximate surface area is 790 Å². The van der Waals surface area contributed by atoms with Crippen LogP contribution in [0.1, 0.15) is 44.5 Å². The third-order valence-electron chi connectivity index (χ3n) is 28.1. The predicted molar refractivity (Wildman–Crippen MR) is 582 cm³/mol. The van der Waals surface area contributed by atoms with Gasteiger partial charge < -0.3 is 19.6 Å². The van der Waals surface area contributed by atoms with Gasteiger partial charge >= 0.3 is 0 Å². The van der Waals surface area contributed by atoms with Crippen molar-refractivity contribution in [2.75, 3.05) is 19.6 Å². The zero-order chi connectivity index (χ0) is 90.3. The van der Waals surface area contributed by atoms with E-state index in [0.717, 1.165) is 56.9 Å². The normalized spacial score (nSPS) is 11.6. The molecule has 22 aromatic carbocycles. The van der Waals surface area contributed by atoms with E-state index >= 15 is 0 Å². The Morgan fingerprint density at radius 1 is 0.164 bits per heavy atom. The quantitative estimate of drug-likeness (QED) is 0.0894. The highest BCUT2D eigenvalue weighted by Gasteiger charge is 2.29. The van der Waals surface area contributed by atoms with Crippen LogP contribution in [0.4, 0.5) is 68.2 Å². The van der Waals surface area contributed by atoms with E-state index in [9.17, 15) is 0 Å². The molecule has 0 saturated heterocycles. The minimum atomic E-state index is 1.12. The molecule has 0 radical (unpaired) electrons. The second-order valence-corrected chi connectivity index (χ2v) is 37.6. The van der Waals surface area contributed by atoms with Gasteiger partial charge in [-0.25, -0.2) is 0 Å². The van der Waals surface area contributed by atoms with Crippen LogP contribution >= 0.6 is 22.7 Å². The van der Waals surface area contributed by atoms with Gasteiger partial charge in [-0.1, -0.05) is 303 Å². The second kappa shape index (κ2) is 34.4. The Bertz CT molecular complexity index is 8540. The van der Waals surface area contributed by atoms with Crippen LogP contribution in [0.5, 0.6) is 0 Å². The molecular weight excluding hydrogens is 1660 g/mol. The molecule has 24 rings (SSSR count). The van der Waals surface area contributed by atoms with E-state index in [1.165, 1.54) is 205 Å². The summed E-state index contributed by atoms with van der Waals surface area (Å²) in [5.41, 5.74) is 34.4. The van der Waals surface area contributed by atoms with Crippen LogP contribution in [-0.4, -0.2) is 0 Å². The van der Waals surface area contributed by atoms with Crippen LogP contribution in [0.25, 0.3) is 149 Å². The molecule has 6 heteroatoms. The van der Waals surface area contributed by atoms with E-state index in [1.807, 2.05) is 22.7 Å². The topological polar surface area (TPSA) is 13.0 Å². The molecule has 0 aliphatic heterocycles. The summed E-state index contributed by atoms with van der Waals surface area (Å²) in [6, 6.07) is 160. The Morgan fingerprint density at radius 2 is 0.418 bits per heavy atom. The Morgan fingerprint density at radius 3 is 0.776 bits per heavy atom. The number of anilines is 12. The van der Waals surface area contributed by atoms with Crippen molar-refractivity contribution in [3.05, 3.63) is 481 Å². The van der Waals surface area contributed by atoms with Crippen molar-refractivity contribution in [3.8, 4) is 44.5 Å². The van der Waals surface area contributed by atoms with Gasteiger partial charge in [0.15, 0.2) is 0 Å². The summed E-state index contributed by atoms with van der Waals surface area (Å²) < 4.78 is 5.30. The van der Waals surface area contributed by atoms with E-state index < -0.39 is 0 Å². The third kappa shape index (κ3) is 14.3. The smallest absolute Gasteiger partial charge is 0.0540 e. The van der Waals surface area contributed by atoms with Gasteiger partial charge in [0.1, 0.15) is 0 Å². The molecule has 4 nitrogen and oxygen atoms in total. The summed E-state index contributed by atoms with van der Waals surface area (Å²) >= 11 is 3.85. The molecule has 0 unspecified atom stereocenters. The highest BCUT2D eigenvalue weighted by Crippen LogP contribution is 2.54. The monoisotopic (exact) mass is 1750 g/mol. The first-order chi connectivity index (χ1) is 65.8. The first-order valence-corrected chi connectivity index (χ1v) is 48.0. The zero-order valence-corrected chi connectivity index (χ0v) is 77.8. The SMILES string of the molecule is Cc1c(C)c(N(c2ccccc2)c2ccccc2)c(C)c(C)c1-c1ccc2c(c1)sc1c3ccc(-c4c(C)c(C)c(N(c5ccccc5)c5ccccc5)c(C)c4C)cc3c3ccccc3c21.c1ccc(N(c2ccc(-c3ccc4c(c3)sc3c5ccc(-c6ccc(N(c7ccccc7)c7cccc8ccccc78)cc6)cc5c5ccccc5c43)cc2)c2cccc3ccccc23)cc1. The minimum Gasteiger partial charge on any atom is -0.310 e. The number of benzene rings is 22. The highest BCUT2D eigenvalue weighted by molar-refractivity contribution is 7.27. The van der Waals surface area contributed by atoms with Crippen LogP contribution in [0.15, 0.2) is 437 Å². The van der Waals surface area contributed by atoms with Gasteiger partial charge in [-0.2, -0.15) is 0 Å². The maximum absolute atomic E-state index is 2.47. The Hall–Kier alpha value is -16.0. The van der Waals surface area contributed by atoms with Crippen molar-refractivity contribution < 1.29 is 0 Å². The average Bonchev–Trinajstić information content (AvgIpc) is 1.49. The maximum atomic E-state index is 2.47. The van der Waals surface area contributed by atoms with Crippen molar-refractivity contribution in [2.24, 2.45) is 0 Å². The molecule has 0 spiro atoms.